The first-order valence-corrected chi connectivity index (χ1v) is 21.0. The van der Waals surface area contributed by atoms with Gasteiger partial charge < -0.3 is 18.6 Å². The van der Waals surface area contributed by atoms with Gasteiger partial charge in [0.25, 0.3) is 0 Å². The van der Waals surface area contributed by atoms with E-state index in [1.165, 1.54) is 10.8 Å². The van der Waals surface area contributed by atoms with Crippen molar-refractivity contribution in [2.24, 2.45) is 0 Å². The molecule has 0 unspecified atom stereocenters. The highest BCUT2D eigenvalue weighted by Crippen LogP contribution is 2.45. The number of furan rings is 2. The third kappa shape index (κ3) is 6.16. The van der Waals surface area contributed by atoms with Crippen molar-refractivity contribution in [3.63, 3.8) is 0 Å². The van der Waals surface area contributed by atoms with Crippen LogP contribution in [0.1, 0.15) is 0 Å². The standard InChI is InChI=1S/C58H38N2O2/c1-3-14-41(15-4-1)51-36-43(26-32-54(51)60(44-17-5-2-6-18-44)48-31-34-58-53(38-48)50-20-10-12-22-56(50)62-58)40-23-27-45(28-24-40)59(46-29-25-39-13-7-8-16-42(39)35-46)47-30-33-57-52(37-47)49-19-9-11-21-55(49)61-57/h1-38H. The van der Waals surface area contributed by atoms with E-state index in [1.807, 2.05) is 24.3 Å². The molecule has 0 atom stereocenters. The summed E-state index contributed by atoms with van der Waals surface area (Å²) in [6, 6.07) is 81.9. The molecule has 0 bridgehead atoms. The van der Waals surface area contributed by atoms with Crippen LogP contribution in [-0.2, 0) is 0 Å². The second-order valence-electron chi connectivity index (χ2n) is 15.7. The van der Waals surface area contributed by atoms with Gasteiger partial charge in [-0.25, -0.2) is 0 Å². The molecule has 12 aromatic rings. The molecule has 0 saturated carbocycles. The zero-order valence-electron chi connectivity index (χ0n) is 33.7. The molecule has 4 nitrogen and oxygen atoms in total. The van der Waals surface area contributed by atoms with Crippen molar-refractivity contribution < 1.29 is 8.83 Å². The first kappa shape index (κ1) is 35.6. The lowest BCUT2D eigenvalue weighted by atomic mass is 9.96. The Morgan fingerprint density at radius 1 is 0.258 bits per heavy atom. The maximum atomic E-state index is 6.25. The number of nitrogens with zero attached hydrogens (tertiary/aromatic N) is 2. The Morgan fingerprint density at radius 2 is 0.742 bits per heavy atom. The van der Waals surface area contributed by atoms with E-state index < -0.39 is 0 Å². The number of rotatable bonds is 8. The normalized spacial score (nSPS) is 11.5. The molecule has 0 aliphatic heterocycles. The van der Waals surface area contributed by atoms with E-state index in [0.717, 1.165) is 100 Å². The minimum atomic E-state index is 0.875. The maximum absolute atomic E-state index is 6.25. The van der Waals surface area contributed by atoms with E-state index in [1.54, 1.807) is 0 Å². The molecule has 2 heterocycles. The van der Waals surface area contributed by atoms with Gasteiger partial charge in [0.05, 0.1) is 5.69 Å². The minimum absolute atomic E-state index is 0.875. The summed E-state index contributed by atoms with van der Waals surface area (Å²) in [6.07, 6.45) is 0. The predicted molar refractivity (Wildman–Crippen MR) is 259 cm³/mol. The van der Waals surface area contributed by atoms with Gasteiger partial charge in [-0.05, 0) is 125 Å². The second-order valence-corrected chi connectivity index (χ2v) is 15.7. The lowest BCUT2D eigenvalue weighted by molar-refractivity contribution is 0.668. The summed E-state index contributed by atoms with van der Waals surface area (Å²) < 4.78 is 12.5. The molecule has 0 aliphatic rings. The van der Waals surface area contributed by atoms with Gasteiger partial charge in [0.1, 0.15) is 22.3 Å². The summed E-state index contributed by atoms with van der Waals surface area (Å²) in [5, 5.41) is 6.80. The van der Waals surface area contributed by atoms with Gasteiger partial charge in [-0.15, -0.1) is 0 Å². The molecule has 0 spiro atoms. The highest BCUT2D eigenvalue weighted by atomic mass is 16.3. The molecule has 62 heavy (non-hydrogen) atoms. The van der Waals surface area contributed by atoms with Gasteiger partial charge in [0, 0.05) is 55.5 Å². The molecule has 2 aromatic heterocycles. The molecule has 0 saturated heterocycles. The maximum Gasteiger partial charge on any atom is 0.135 e. The Labute approximate surface area is 358 Å². The summed E-state index contributed by atoms with van der Waals surface area (Å²) in [5.74, 6) is 0. The van der Waals surface area contributed by atoms with Crippen LogP contribution < -0.4 is 9.80 Å². The van der Waals surface area contributed by atoms with Crippen molar-refractivity contribution in [3.05, 3.63) is 231 Å². The Hall–Kier alpha value is -8.34. The van der Waals surface area contributed by atoms with Crippen LogP contribution in [0.2, 0.25) is 0 Å². The molecule has 4 heteroatoms. The first-order chi connectivity index (χ1) is 30.7. The van der Waals surface area contributed by atoms with Gasteiger partial charge in [-0.3, -0.25) is 0 Å². The SMILES string of the molecule is c1ccc(-c2cc(-c3ccc(N(c4ccc5ccccc5c4)c4ccc5oc6ccccc6c5c4)cc3)ccc2N(c2ccccc2)c2ccc3oc4ccccc4c3c2)cc1. The largest absolute Gasteiger partial charge is 0.456 e. The highest BCUT2D eigenvalue weighted by Gasteiger charge is 2.21. The van der Waals surface area contributed by atoms with Crippen molar-refractivity contribution in [3.8, 4) is 22.3 Å². The molecule has 0 amide bonds. The molecular weight excluding hydrogens is 757 g/mol. The van der Waals surface area contributed by atoms with Crippen LogP contribution >= 0.6 is 0 Å². The van der Waals surface area contributed by atoms with E-state index in [4.69, 9.17) is 8.83 Å². The van der Waals surface area contributed by atoms with Gasteiger partial charge in [-0.1, -0.05) is 133 Å². The Morgan fingerprint density at radius 3 is 1.42 bits per heavy atom. The fourth-order valence-corrected chi connectivity index (χ4v) is 9.04. The quantitative estimate of drug-likeness (QED) is 0.153. The van der Waals surface area contributed by atoms with E-state index in [2.05, 4.69) is 216 Å². The highest BCUT2D eigenvalue weighted by molar-refractivity contribution is 6.08. The topological polar surface area (TPSA) is 32.8 Å². The summed E-state index contributed by atoms with van der Waals surface area (Å²) in [6.45, 7) is 0. The summed E-state index contributed by atoms with van der Waals surface area (Å²) in [5.41, 5.74) is 14.5. The number of anilines is 6. The predicted octanol–water partition coefficient (Wildman–Crippen LogP) is 16.9. The van der Waals surface area contributed by atoms with E-state index in [0.29, 0.717) is 0 Å². The Kier molecular flexibility index (Phi) is 8.46. The average Bonchev–Trinajstić information content (AvgIpc) is 3.91. The van der Waals surface area contributed by atoms with Crippen molar-refractivity contribution in [1.82, 2.24) is 0 Å². The van der Waals surface area contributed by atoms with Gasteiger partial charge in [-0.2, -0.15) is 0 Å². The van der Waals surface area contributed by atoms with E-state index in [9.17, 15) is 0 Å². The van der Waals surface area contributed by atoms with Crippen molar-refractivity contribution in [2.75, 3.05) is 9.80 Å². The van der Waals surface area contributed by atoms with E-state index >= 15 is 0 Å². The Balaban J connectivity index is 0.982. The van der Waals surface area contributed by atoms with Crippen LogP contribution in [0, 0.1) is 0 Å². The number of hydrogen-bond donors (Lipinski definition) is 0. The first-order valence-electron chi connectivity index (χ1n) is 21.0. The minimum Gasteiger partial charge on any atom is -0.456 e. The average molecular weight is 795 g/mol. The van der Waals surface area contributed by atoms with Crippen molar-refractivity contribution >= 4 is 88.8 Å². The molecule has 292 valence electrons. The fraction of sp³-hybridized carbons (Fsp3) is 0. The molecule has 10 aromatic carbocycles. The second kappa shape index (κ2) is 14.7. The fourth-order valence-electron chi connectivity index (χ4n) is 9.04. The van der Waals surface area contributed by atoms with Crippen LogP contribution in [0.5, 0.6) is 0 Å². The Bertz CT molecular complexity index is 3590. The third-order valence-electron chi connectivity index (χ3n) is 12.0. The lowest BCUT2D eigenvalue weighted by Gasteiger charge is -2.28. The monoisotopic (exact) mass is 794 g/mol. The molecule has 0 aliphatic carbocycles. The van der Waals surface area contributed by atoms with Crippen molar-refractivity contribution in [2.45, 2.75) is 0 Å². The molecule has 0 fully saturated rings. The van der Waals surface area contributed by atoms with Crippen molar-refractivity contribution in [1.29, 1.82) is 0 Å². The van der Waals surface area contributed by atoms with Crippen LogP contribution in [0.15, 0.2) is 239 Å². The zero-order valence-corrected chi connectivity index (χ0v) is 33.7. The molecule has 12 rings (SSSR count). The smallest absolute Gasteiger partial charge is 0.135 e. The van der Waals surface area contributed by atoms with Crippen LogP contribution in [0.3, 0.4) is 0 Å². The van der Waals surface area contributed by atoms with Gasteiger partial charge >= 0.3 is 0 Å². The third-order valence-corrected chi connectivity index (χ3v) is 12.0. The van der Waals surface area contributed by atoms with Gasteiger partial charge in [0.2, 0.25) is 0 Å². The summed E-state index contributed by atoms with van der Waals surface area (Å²) >= 11 is 0. The lowest BCUT2D eigenvalue weighted by Crippen LogP contribution is -2.11. The number of hydrogen-bond acceptors (Lipinski definition) is 4. The van der Waals surface area contributed by atoms with Crippen LogP contribution in [0.4, 0.5) is 34.1 Å². The number of fused-ring (bicyclic) bond motifs is 7. The molecule has 0 radical (unpaired) electrons. The van der Waals surface area contributed by atoms with Gasteiger partial charge in [0.15, 0.2) is 0 Å². The number of benzene rings is 10. The van der Waals surface area contributed by atoms with E-state index in [-0.39, 0.29) is 0 Å². The summed E-state index contributed by atoms with van der Waals surface area (Å²) in [7, 11) is 0. The zero-order chi connectivity index (χ0) is 41.0. The number of para-hydroxylation sites is 3. The summed E-state index contributed by atoms with van der Waals surface area (Å²) in [4.78, 5) is 4.70. The van der Waals surface area contributed by atoms with Crippen LogP contribution in [0.25, 0.3) is 76.9 Å². The molecular formula is C58H38N2O2. The van der Waals surface area contributed by atoms with Crippen LogP contribution in [-0.4, -0.2) is 0 Å². The molecule has 0 N–H and O–H groups in total.